The van der Waals surface area contributed by atoms with Gasteiger partial charge in [0, 0.05) is 62.3 Å². The highest BCUT2D eigenvalue weighted by Gasteiger charge is 2.32. The van der Waals surface area contributed by atoms with Gasteiger partial charge < -0.3 is 23.9 Å². The Hall–Kier alpha value is -7.80. The Morgan fingerprint density at radius 3 is 2.00 bits per heavy atom. The molecular formula is C55H53Cl4F5N8O10. The summed E-state index contributed by atoms with van der Waals surface area (Å²) in [6, 6.07) is 30.3. The van der Waals surface area contributed by atoms with Gasteiger partial charge in [-0.25, -0.2) is 28.1 Å². The molecule has 0 fully saturated rings. The minimum Gasteiger partial charge on any atom is -0.472 e. The monoisotopic (exact) mass is 1220 g/mol. The number of benzene rings is 5. The van der Waals surface area contributed by atoms with E-state index in [1.54, 1.807) is 72.4 Å². The number of carbonyl (C=O) groups excluding carboxylic acids is 3. The van der Waals surface area contributed by atoms with Crippen LogP contribution < -0.4 is 9.80 Å². The summed E-state index contributed by atoms with van der Waals surface area (Å²) in [5, 5.41) is 19.4. The minimum absolute atomic E-state index is 0.0484. The molecule has 0 aliphatic heterocycles. The third-order valence-electron chi connectivity index (χ3n) is 11.3. The molecular weight excluding hydrogens is 1170 g/mol. The summed E-state index contributed by atoms with van der Waals surface area (Å²) in [6.07, 6.45) is -4.70. The van der Waals surface area contributed by atoms with Crippen LogP contribution >= 0.6 is 46.4 Å². The largest absolute Gasteiger partial charge is 0.472 e. The van der Waals surface area contributed by atoms with Gasteiger partial charge in [0.1, 0.15) is 26.0 Å². The van der Waals surface area contributed by atoms with Crippen LogP contribution in [0.15, 0.2) is 138 Å². The fourth-order valence-corrected chi connectivity index (χ4v) is 8.55. The van der Waals surface area contributed by atoms with E-state index in [4.69, 9.17) is 80.0 Å². The number of anilines is 1. The molecule has 0 aliphatic rings. The number of esters is 1. The number of para-hydroxylation sites is 1. The maximum Gasteiger partial charge on any atom is 0.438 e. The first-order valence-electron chi connectivity index (χ1n) is 23.9. The van der Waals surface area contributed by atoms with Gasteiger partial charge in [0.05, 0.1) is 62.7 Å². The van der Waals surface area contributed by atoms with Crippen LogP contribution in [-0.4, -0.2) is 95.6 Å². The highest BCUT2D eigenvalue weighted by Crippen LogP contribution is 2.33. The van der Waals surface area contributed by atoms with Gasteiger partial charge in [0.2, 0.25) is 5.88 Å². The summed E-state index contributed by atoms with van der Waals surface area (Å²) in [7, 11) is 7.92. The molecule has 0 radical (unpaired) electrons. The van der Waals surface area contributed by atoms with Gasteiger partial charge in [-0.05, 0) is 86.0 Å². The molecule has 436 valence electrons. The molecule has 0 bridgehead atoms. The van der Waals surface area contributed by atoms with Crippen molar-refractivity contribution in [3.05, 3.63) is 192 Å². The lowest BCUT2D eigenvalue weighted by Crippen LogP contribution is -2.39. The molecule has 1 atom stereocenters. The summed E-state index contributed by atoms with van der Waals surface area (Å²) in [5.74, 6) is -0.977. The Bertz CT molecular complexity index is 3320. The van der Waals surface area contributed by atoms with Crippen molar-refractivity contribution in [1.82, 2.24) is 24.6 Å². The predicted octanol–water partition coefficient (Wildman–Crippen LogP) is 13.4. The number of oxime groups is 2. The molecule has 0 saturated carbocycles. The van der Waals surface area contributed by atoms with Gasteiger partial charge in [-0.15, -0.1) is 5.10 Å². The van der Waals surface area contributed by atoms with Crippen LogP contribution in [0.4, 0.5) is 32.4 Å². The number of alkyl halides is 5. The van der Waals surface area contributed by atoms with E-state index in [-0.39, 0.29) is 42.2 Å². The van der Waals surface area contributed by atoms with Crippen LogP contribution in [0, 0.1) is 0 Å². The number of carbonyl (C=O) groups is 3. The van der Waals surface area contributed by atoms with E-state index in [2.05, 4.69) is 20.5 Å². The molecule has 2 amide bonds. The number of aryl methyl sites for hydroxylation is 1. The van der Waals surface area contributed by atoms with E-state index >= 15 is 0 Å². The number of ether oxygens (including phenoxy) is 3. The second-order valence-corrected chi connectivity index (χ2v) is 18.5. The lowest BCUT2D eigenvalue weighted by molar-refractivity contribution is -0.137. The summed E-state index contributed by atoms with van der Waals surface area (Å²) >= 11 is 24.1. The quantitative estimate of drug-likeness (QED) is 0.0324. The normalized spacial score (nSPS) is 11.8. The second-order valence-electron chi connectivity index (χ2n) is 16.9. The number of nitrogens with zero attached hydrogens (tertiary/aromatic N) is 8. The maximum atomic E-state index is 13.1. The number of rotatable bonds is 19. The van der Waals surface area contributed by atoms with Crippen LogP contribution in [0.3, 0.4) is 0 Å². The molecule has 0 saturated heterocycles. The molecule has 0 N–H and O–H groups in total. The van der Waals surface area contributed by atoms with Crippen molar-refractivity contribution in [2.45, 2.75) is 52.1 Å². The molecule has 0 aliphatic carbocycles. The lowest BCUT2D eigenvalue weighted by Gasteiger charge is -2.27. The standard InChI is InChI=1S/C20H19F3N2O4.C19H18ClN3O4.C16H16Cl3F2N3O2/c1-13(14-8-6-9-16(11-14)20(21,22)23)24-29-12-15-7-4-5-10-17(15)18(25-28-3)19(26)27-2;1-25-19(24)23(26-2)17-6-4-3-5-14(17)13-27-18-11-12-22(21-18)16-9-7-15(20)8-10-16;1-8(4-10-12(18)5-9(17)6-13(10)19)24(26-3)16(25)11-7-23(2)22-14(11)15(20)21/h4-11H,12H2,1-3H3;3-12H,13H2,1-2H3;5-8,15H,4H2,1-3H3/b24-13+,25-18+;;. The summed E-state index contributed by atoms with van der Waals surface area (Å²) in [4.78, 5) is 56.8. The first kappa shape index (κ1) is 65.0. The van der Waals surface area contributed by atoms with E-state index < -0.39 is 47.9 Å². The van der Waals surface area contributed by atoms with Crippen molar-refractivity contribution in [1.29, 1.82) is 0 Å². The number of hydrogen-bond donors (Lipinski definition) is 0. The first-order valence-corrected chi connectivity index (χ1v) is 25.5. The molecule has 0 spiro atoms. The number of methoxy groups -OCH3 is 2. The number of hydroxylamine groups is 3. The van der Waals surface area contributed by atoms with Gasteiger partial charge in [0.25, 0.3) is 12.3 Å². The number of aromatic nitrogens is 4. The average molecular weight is 1220 g/mol. The topological polar surface area (TPSA) is 183 Å². The van der Waals surface area contributed by atoms with Gasteiger partial charge in [-0.2, -0.15) is 23.3 Å². The van der Waals surface area contributed by atoms with Gasteiger partial charge >= 0.3 is 18.2 Å². The van der Waals surface area contributed by atoms with E-state index in [0.717, 1.165) is 38.2 Å². The summed E-state index contributed by atoms with van der Waals surface area (Å²) in [5.41, 5.74) is 2.60. The summed E-state index contributed by atoms with van der Waals surface area (Å²) < 4.78 is 82.9. The van der Waals surface area contributed by atoms with Gasteiger partial charge in [-0.3, -0.25) is 19.2 Å². The third-order valence-corrected chi connectivity index (χ3v) is 12.5. The molecule has 18 nitrogen and oxygen atoms in total. The molecule has 27 heteroatoms. The Labute approximate surface area is 487 Å². The zero-order valence-electron chi connectivity index (χ0n) is 45.0. The second kappa shape index (κ2) is 30.9. The highest BCUT2D eigenvalue weighted by molar-refractivity contribution is 6.43. The smallest absolute Gasteiger partial charge is 0.438 e. The van der Waals surface area contributed by atoms with E-state index in [1.165, 1.54) is 80.0 Å². The number of hydrogen-bond acceptors (Lipinski definition) is 14. The van der Waals surface area contributed by atoms with Crippen molar-refractivity contribution in [3.8, 4) is 11.6 Å². The van der Waals surface area contributed by atoms with Crippen molar-refractivity contribution in [2.24, 2.45) is 17.4 Å². The average Bonchev–Trinajstić information content (AvgIpc) is 4.14. The Morgan fingerprint density at radius 2 is 1.39 bits per heavy atom. The molecule has 82 heavy (non-hydrogen) atoms. The zero-order chi connectivity index (χ0) is 60.3. The molecule has 5 aromatic carbocycles. The molecule has 2 aromatic heterocycles. The van der Waals surface area contributed by atoms with Crippen LogP contribution in [0.5, 0.6) is 5.88 Å². The SMILES string of the molecule is CO/N=C(/C(=O)OC)c1ccccc1CO/N=C(\C)c1cccc(C(F)(F)F)c1.COC(=O)N(OC)c1ccccc1COc1ccn(-c2ccc(Cl)cc2)n1.CON(C(=O)c1cn(C)nc1C(F)F)C(C)Cc1c(Cl)cc(Cl)cc1Cl. The fraction of sp³-hybridized carbons (Fsp3) is 0.255. The van der Waals surface area contributed by atoms with Crippen molar-refractivity contribution in [3.63, 3.8) is 0 Å². The predicted molar refractivity (Wildman–Crippen MR) is 298 cm³/mol. The van der Waals surface area contributed by atoms with E-state index in [9.17, 15) is 36.3 Å². The molecule has 1 unspecified atom stereocenters. The summed E-state index contributed by atoms with van der Waals surface area (Å²) in [6.45, 7) is 3.37. The highest BCUT2D eigenvalue weighted by atomic mass is 35.5. The maximum absolute atomic E-state index is 13.1. The Kier molecular flexibility index (Phi) is 24.5. The van der Waals surface area contributed by atoms with Crippen LogP contribution in [0.25, 0.3) is 5.69 Å². The minimum atomic E-state index is -4.44. The van der Waals surface area contributed by atoms with Crippen molar-refractivity contribution >= 4 is 81.5 Å². The number of halogens is 9. The van der Waals surface area contributed by atoms with Crippen LogP contribution in [0.1, 0.15) is 69.7 Å². The van der Waals surface area contributed by atoms with Crippen molar-refractivity contribution in [2.75, 3.05) is 40.6 Å². The van der Waals surface area contributed by atoms with Gasteiger partial charge in [0.15, 0.2) is 5.71 Å². The Morgan fingerprint density at radius 1 is 0.732 bits per heavy atom. The zero-order valence-corrected chi connectivity index (χ0v) is 48.0. The fourth-order valence-electron chi connectivity index (χ4n) is 7.45. The lowest BCUT2D eigenvalue weighted by atomic mass is 10.0. The molecule has 7 rings (SSSR count). The van der Waals surface area contributed by atoms with Gasteiger partial charge in [-0.1, -0.05) is 111 Å². The Balaban J connectivity index is 0.000000226. The van der Waals surface area contributed by atoms with Crippen LogP contribution in [0.2, 0.25) is 20.1 Å². The first-order chi connectivity index (χ1) is 39.0. The molecule has 7 aromatic rings. The van der Waals surface area contributed by atoms with Crippen molar-refractivity contribution < 1.29 is 69.9 Å². The van der Waals surface area contributed by atoms with E-state index in [0.29, 0.717) is 48.3 Å². The van der Waals surface area contributed by atoms with Crippen LogP contribution in [-0.2, 0) is 66.5 Å². The van der Waals surface area contributed by atoms with E-state index in [1.807, 2.05) is 24.3 Å². The third kappa shape index (κ3) is 17.8. The molecule has 2 heterocycles. The number of amides is 2.